The molecule has 0 aliphatic rings. The minimum Gasteiger partial charge on any atom is -0.384 e. The summed E-state index contributed by atoms with van der Waals surface area (Å²) in [5.41, 5.74) is 1.39. The van der Waals surface area contributed by atoms with Gasteiger partial charge < -0.3 is 5.11 Å². The predicted octanol–water partition coefficient (Wildman–Crippen LogP) is 4.84. The summed E-state index contributed by atoms with van der Waals surface area (Å²) in [7, 11) is 0. The number of hydrogen-bond acceptors (Lipinski definition) is 1. The number of aliphatic hydroxyl groups excluding tert-OH is 1. The molecule has 0 aliphatic carbocycles. The van der Waals surface area contributed by atoms with Crippen LogP contribution < -0.4 is 0 Å². The first-order chi connectivity index (χ1) is 8.08. The van der Waals surface area contributed by atoms with E-state index in [1.165, 1.54) is 0 Å². The molecule has 1 atom stereocenters. The van der Waals surface area contributed by atoms with Crippen LogP contribution in [0.3, 0.4) is 0 Å². The third kappa shape index (κ3) is 3.02. The molecule has 0 fully saturated rings. The molecule has 0 spiro atoms. The molecule has 4 heteroatoms. The first-order valence-corrected chi connectivity index (χ1v) is 6.51. The van der Waals surface area contributed by atoms with Crippen LogP contribution in [0.15, 0.2) is 46.9 Å². The van der Waals surface area contributed by atoms with Crippen LogP contribution in [0.4, 0.5) is 0 Å². The van der Waals surface area contributed by atoms with Crippen molar-refractivity contribution in [1.29, 1.82) is 0 Å². The van der Waals surface area contributed by atoms with Crippen molar-refractivity contribution >= 4 is 39.1 Å². The number of halogens is 3. The second-order valence-electron chi connectivity index (χ2n) is 3.62. The Labute approximate surface area is 118 Å². The molecule has 17 heavy (non-hydrogen) atoms. The first-order valence-electron chi connectivity index (χ1n) is 4.96. The van der Waals surface area contributed by atoms with Crippen molar-refractivity contribution in [3.63, 3.8) is 0 Å². The maximum atomic E-state index is 10.2. The van der Waals surface area contributed by atoms with Gasteiger partial charge in [0.25, 0.3) is 0 Å². The van der Waals surface area contributed by atoms with E-state index in [1.54, 1.807) is 18.2 Å². The Morgan fingerprint density at radius 2 is 1.65 bits per heavy atom. The molecule has 2 aromatic carbocycles. The number of benzene rings is 2. The maximum absolute atomic E-state index is 10.2. The fraction of sp³-hybridized carbons (Fsp3) is 0.0769. The van der Waals surface area contributed by atoms with Crippen molar-refractivity contribution in [2.45, 2.75) is 6.10 Å². The Kier molecular flexibility index (Phi) is 4.10. The minimum absolute atomic E-state index is 0.504. The number of aliphatic hydroxyl groups is 1. The van der Waals surface area contributed by atoms with Crippen LogP contribution in [0.5, 0.6) is 0 Å². The van der Waals surface area contributed by atoms with Crippen LogP contribution in [-0.4, -0.2) is 5.11 Å². The summed E-state index contributed by atoms with van der Waals surface area (Å²) in [6.45, 7) is 0. The topological polar surface area (TPSA) is 20.2 Å². The molecule has 1 unspecified atom stereocenters. The van der Waals surface area contributed by atoms with Gasteiger partial charge in [-0.15, -0.1) is 0 Å². The quantitative estimate of drug-likeness (QED) is 0.835. The summed E-state index contributed by atoms with van der Waals surface area (Å²) in [5.74, 6) is 0. The fourth-order valence-corrected chi connectivity index (χ4v) is 2.21. The minimum atomic E-state index is -0.769. The zero-order chi connectivity index (χ0) is 12.4. The Bertz CT molecular complexity index is 525. The van der Waals surface area contributed by atoms with Gasteiger partial charge in [0.05, 0.1) is 0 Å². The van der Waals surface area contributed by atoms with Crippen molar-refractivity contribution in [1.82, 2.24) is 0 Å². The third-order valence-electron chi connectivity index (χ3n) is 2.44. The van der Waals surface area contributed by atoms with E-state index in [4.69, 9.17) is 23.2 Å². The molecule has 1 nitrogen and oxygen atoms in total. The zero-order valence-electron chi connectivity index (χ0n) is 8.70. The van der Waals surface area contributed by atoms with Gasteiger partial charge in [0, 0.05) is 20.1 Å². The van der Waals surface area contributed by atoms with E-state index in [0.717, 1.165) is 10.0 Å². The molecule has 0 saturated heterocycles. The van der Waals surface area contributed by atoms with Crippen LogP contribution >= 0.6 is 39.1 Å². The molecule has 0 amide bonds. The molecule has 0 bridgehead atoms. The number of hydrogen-bond donors (Lipinski definition) is 1. The Morgan fingerprint density at radius 1 is 1.00 bits per heavy atom. The second kappa shape index (κ2) is 5.40. The van der Waals surface area contributed by atoms with Crippen LogP contribution in [0.2, 0.25) is 10.0 Å². The Morgan fingerprint density at radius 3 is 2.29 bits per heavy atom. The Hall–Kier alpha value is -0.540. The average Bonchev–Trinajstić information content (AvgIpc) is 2.32. The normalized spacial score (nSPS) is 12.5. The third-order valence-corrected chi connectivity index (χ3v) is 3.55. The van der Waals surface area contributed by atoms with E-state index in [0.29, 0.717) is 15.6 Å². The lowest BCUT2D eigenvalue weighted by Crippen LogP contribution is -2.00. The summed E-state index contributed by atoms with van der Waals surface area (Å²) in [6.07, 6.45) is -0.769. The van der Waals surface area contributed by atoms with Crippen molar-refractivity contribution in [2.24, 2.45) is 0 Å². The van der Waals surface area contributed by atoms with Gasteiger partial charge >= 0.3 is 0 Å². The van der Waals surface area contributed by atoms with E-state index in [9.17, 15) is 5.11 Å². The average molecular weight is 332 g/mol. The number of rotatable bonds is 2. The molecular weight excluding hydrogens is 323 g/mol. The zero-order valence-corrected chi connectivity index (χ0v) is 11.8. The van der Waals surface area contributed by atoms with E-state index >= 15 is 0 Å². The fourth-order valence-electron chi connectivity index (χ4n) is 1.55. The lowest BCUT2D eigenvalue weighted by Gasteiger charge is -2.13. The van der Waals surface area contributed by atoms with Crippen molar-refractivity contribution < 1.29 is 5.11 Å². The van der Waals surface area contributed by atoms with Gasteiger partial charge in [-0.2, -0.15) is 0 Å². The van der Waals surface area contributed by atoms with Crippen LogP contribution in [-0.2, 0) is 0 Å². The van der Waals surface area contributed by atoms with Crippen molar-refractivity contribution in [3.05, 3.63) is 68.1 Å². The standard InChI is InChI=1S/C13H9BrCl2O/c14-9-3-1-8(2-4-9)13(17)11-7-10(15)5-6-12(11)16/h1-7,13,17H. The highest BCUT2D eigenvalue weighted by Gasteiger charge is 2.14. The summed E-state index contributed by atoms with van der Waals surface area (Å²) < 4.78 is 0.964. The SMILES string of the molecule is OC(c1ccc(Br)cc1)c1cc(Cl)ccc1Cl. The van der Waals surface area contributed by atoms with Gasteiger partial charge in [-0.3, -0.25) is 0 Å². The van der Waals surface area contributed by atoms with E-state index in [1.807, 2.05) is 24.3 Å². The molecule has 0 heterocycles. The van der Waals surface area contributed by atoms with Crippen LogP contribution in [0, 0.1) is 0 Å². The molecule has 2 rings (SSSR count). The van der Waals surface area contributed by atoms with Gasteiger partial charge in [0.2, 0.25) is 0 Å². The molecule has 1 N–H and O–H groups in total. The first kappa shape index (κ1) is 12.9. The monoisotopic (exact) mass is 330 g/mol. The molecule has 0 saturated carbocycles. The smallest absolute Gasteiger partial charge is 0.106 e. The summed E-state index contributed by atoms with van der Waals surface area (Å²) in [5, 5.41) is 11.3. The van der Waals surface area contributed by atoms with E-state index < -0.39 is 6.10 Å². The van der Waals surface area contributed by atoms with E-state index in [-0.39, 0.29) is 0 Å². The second-order valence-corrected chi connectivity index (χ2v) is 5.38. The van der Waals surface area contributed by atoms with Crippen LogP contribution in [0.1, 0.15) is 17.2 Å². The molecule has 88 valence electrons. The maximum Gasteiger partial charge on any atom is 0.106 e. The molecule has 0 radical (unpaired) electrons. The molecule has 0 aliphatic heterocycles. The highest BCUT2D eigenvalue weighted by atomic mass is 79.9. The summed E-state index contributed by atoms with van der Waals surface area (Å²) >= 11 is 15.3. The molecular formula is C13H9BrCl2O. The van der Waals surface area contributed by atoms with Gasteiger partial charge in [-0.05, 0) is 35.9 Å². The van der Waals surface area contributed by atoms with Gasteiger partial charge in [0.1, 0.15) is 6.10 Å². The molecule has 0 aromatic heterocycles. The van der Waals surface area contributed by atoms with Crippen molar-refractivity contribution in [2.75, 3.05) is 0 Å². The van der Waals surface area contributed by atoms with Gasteiger partial charge in [-0.1, -0.05) is 51.3 Å². The van der Waals surface area contributed by atoms with E-state index in [2.05, 4.69) is 15.9 Å². The predicted molar refractivity (Wildman–Crippen MR) is 74.7 cm³/mol. The van der Waals surface area contributed by atoms with Gasteiger partial charge in [0.15, 0.2) is 0 Å². The highest BCUT2D eigenvalue weighted by molar-refractivity contribution is 9.10. The Balaban J connectivity index is 2.39. The summed E-state index contributed by atoms with van der Waals surface area (Å²) in [4.78, 5) is 0. The van der Waals surface area contributed by atoms with Crippen molar-refractivity contribution in [3.8, 4) is 0 Å². The highest BCUT2D eigenvalue weighted by Crippen LogP contribution is 2.30. The van der Waals surface area contributed by atoms with Crippen LogP contribution in [0.25, 0.3) is 0 Å². The summed E-state index contributed by atoms with van der Waals surface area (Å²) in [6, 6.07) is 12.5. The lowest BCUT2D eigenvalue weighted by atomic mass is 10.0. The molecule has 2 aromatic rings. The lowest BCUT2D eigenvalue weighted by molar-refractivity contribution is 0.220. The largest absolute Gasteiger partial charge is 0.384 e. The van der Waals surface area contributed by atoms with Gasteiger partial charge in [-0.25, -0.2) is 0 Å².